The third kappa shape index (κ3) is 3.88. The van der Waals surface area contributed by atoms with E-state index in [1.54, 1.807) is 12.1 Å². The van der Waals surface area contributed by atoms with Crippen molar-refractivity contribution in [2.24, 2.45) is 0 Å². The number of thioether (sulfide) groups is 2. The lowest BCUT2D eigenvalue weighted by molar-refractivity contribution is -0.144. The predicted molar refractivity (Wildman–Crippen MR) is 103 cm³/mol. The number of rotatable bonds is 5. The summed E-state index contributed by atoms with van der Waals surface area (Å²) in [4.78, 5) is 24.4. The molecule has 0 radical (unpaired) electrons. The topological polar surface area (TPSA) is 66.4 Å². The molecule has 0 aliphatic carbocycles. The number of benzene rings is 2. The van der Waals surface area contributed by atoms with Gasteiger partial charge in [-0.15, -0.1) is 23.5 Å². The zero-order chi connectivity index (χ0) is 18.7. The van der Waals surface area contributed by atoms with Gasteiger partial charge in [0.05, 0.1) is 4.58 Å². The third-order valence-corrected chi connectivity index (χ3v) is 7.38. The van der Waals surface area contributed by atoms with E-state index in [2.05, 4.69) is 5.32 Å². The molecule has 1 fully saturated rings. The number of halogens is 1. The number of carbonyl (C=O) groups excluding carboxylic acids is 1. The van der Waals surface area contributed by atoms with Gasteiger partial charge in [0.1, 0.15) is 5.82 Å². The standard InChI is InChI=1S/C19H18FNO3S2/c1-19(18(23)24,14-6-8-15(20)9-7-14)21-16(22)12-2-4-13(5-3-12)17-25-10-11-26-17/h2-9,17H,10-11H2,1H3,(H,21,22)(H,23,24). The first-order valence-corrected chi connectivity index (χ1v) is 10.1. The quantitative estimate of drug-likeness (QED) is 0.805. The largest absolute Gasteiger partial charge is 0.479 e. The molecule has 1 amide bonds. The van der Waals surface area contributed by atoms with Crippen molar-refractivity contribution in [3.63, 3.8) is 0 Å². The van der Waals surface area contributed by atoms with E-state index in [-0.39, 0.29) is 0 Å². The van der Waals surface area contributed by atoms with Crippen molar-refractivity contribution >= 4 is 35.4 Å². The van der Waals surface area contributed by atoms with E-state index >= 15 is 0 Å². The Morgan fingerprint density at radius 3 is 2.19 bits per heavy atom. The Kier molecular flexibility index (Phi) is 5.58. The Bertz CT molecular complexity index is 805. The van der Waals surface area contributed by atoms with Crippen molar-refractivity contribution in [2.75, 3.05) is 11.5 Å². The summed E-state index contributed by atoms with van der Waals surface area (Å²) in [6, 6.07) is 12.3. The molecule has 3 rings (SSSR count). The van der Waals surface area contributed by atoms with E-state index < -0.39 is 23.2 Å². The number of aliphatic carboxylic acids is 1. The van der Waals surface area contributed by atoms with Gasteiger partial charge in [-0.25, -0.2) is 9.18 Å². The highest BCUT2D eigenvalue weighted by molar-refractivity contribution is 8.19. The summed E-state index contributed by atoms with van der Waals surface area (Å²) in [6.45, 7) is 1.39. The monoisotopic (exact) mass is 391 g/mol. The van der Waals surface area contributed by atoms with Gasteiger partial charge in [-0.2, -0.15) is 0 Å². The van der Waals surface area contributed by atoms with Crippen LogP contribution in [0.4, 0.5) is 4.39 Å². The van der Waals surface area contributed by atoms with Gasteiger partial charge in [0, 0.05) is 17.1 Å². The van der Waals surface area contributed by atoms with Crippen LogP contribution >= 0.6 is 23.5 Å². The van der Waals surface area contributed by atoms with Gasteiger partial charge in [0.15, 0.2) is 5.54 Å². The first-order valence-electron chi connectivity index (χ1n) is 8.05. The van der Waals surface area contributed by atoms with Crippen LogP contribution < -0.4 is 5.32 Å². The maximum absolute atomic E-state index is 13.1. The van der Waals surface area contributed by atoms with Crippen molar-refractivity contribution in [2.45, 2.75) is 17.0 Å². The van der Waals surface area contributed by atoms with Crippen LogP contribution in [0, 0.1) is 5.82 Å². The fourth-order valence-corrected chi connectivity index (χ4v) is 5.53. The van der Waals surface area contributed by atoms with E-state index in [0.29, 0.717) is 15.7 Å². The van der Waals surface area contributed by atoms with Crippen molar-refractivity contribution in [3.8, 4) is 0 Å². The van der Waals surface area contributed by atoms with Crippen LogP contribution in [-0.2, 0) is 10.3 Å². The van der Waals surface area contributed by atoms with Gasteiger partial charge in [-0.05, 0) is 42.3 Å². The first kappa shape index (κ1) is 18.8. The molecule has 1 heterocycles. The van der Waals surface area contributed by atoms with Crippen LogP contribution in [0.5, 0.6) is 0 Å². The molecule has 2 aromatic carbocycles. The Morgan fingerprint density at radius 1 is 1.08 bits per heavy atom. The fourth-order valence-electron chi connectivity index (χ4n) is 2.67. The summed E-state index contributed by atoms with van der Waals surface area (Å²) in [5.41, 5.74) is 0.181. The zero-order valence-electron chi connectivity index (χ0n) is 14.1. The molecule has 1 saturated heterocycles. The number of hydrogen-bond donors (Lipinski definition) is 2. The number of carboxylic acids is 1. The van der Waals surface area contributed by atoms with Crippen molar-refractivity contribution < 1.29 is 19.1 Å². The van der Waals surface area contributed by atoms with Crippen molar-refractivity contribution in [1.82, 2.24) is 5.32 Å². The second kappa shape index (κ2) is 7.72. The predicted octanol–water partition coefficient (Wildman–Crippen LogP) is 4.03. The lowest BCUT2D eigenvalue weighted by atomic mass is 9.91. The maximum Gasteiger partial charge on any atom is 0.333 e. The fraction of sp³-hybridized carbons (Fsp3) is 0.263. The Balaban J connectivity index is 1.79. The summed E-state index contributed by atoms with van der Waals surface area (Å²) in [5, 5.41) is 12.2. The van der Waals surface area contributed by atoms with E-state index in [1.807, 2.05) is 35.7 Å². The number of carboxylic acid groups (broad SMARTS) is 1. The molecule has 2 N–H and O–H groups in total. The van der Waals surface area contributed by atoms with Crippen LogP contribution in [0.15, 0.2) is 48.5 Å². The lowest BCUT2D eigenvalue weighted by Crippen LogP contribution is -2.49. The summed E-state index contributed by atoms with van der Waals surface area (Å²) in [7, 11) is 0. The molecular weight excluding hydrogens is 373 g/mol. The van der Waals surface area contributed by atoms with Gasteiger partial charge in [-0.3, -0.25) is 4.79 Å². The molecule has 1 aliphatic rings. The SMILES string of the molecule is CC(NC(=O)c1ccc(C2SCCS2)cc1)(C(=O)O)c1ccc(F)cc1. The Hall–Kier alpha value is -1.99. The minimum Gasteiger partial charge on any atom is -0.479 e. The number of nitrogens with one attached hydrogen (secondary N) is 1. The van der Waals surface area contributed by atoms with Crippen molar-refractivity contribution in [1.29, 1.82) is 0 Å². The molecule has 0 aromatic heterocycles. The highest BCUT2D eigenvalue weighted by atomic mass is 32.2. The minimum absolute atomic E-state index is 0.301. The van der Waals surface area contributed by atoms with Crippen LogP contribution in [0.2, 0.25) is 0 Å². The van der Waals surface area contributed by atoms with E-state index in [0.717, 1.165) is 17.1 Å². The van der Waals surface area contributed by atoms with Gasteiger partial charge in [-0.1, -0.05) is 24.3 Å². The highest BCUT2D eigenvalue weighted by Crippen LogP contribution is 2.45. The van der Waals surface area contributed by atoms with Gasteiger partial charge < -0.3 is 10.4 Å². The normalized spacial score (nSPS) is 16.8. The highest BCUT2D eigenvalue weighted by Gasteiger charge is 2.37. The summed E-state index contributed by atoms with van der Waals surface area (Å²) >= 11 is 3.75. The molecule has 26 heavy (non-hydrogen) atoms. The van der Waals surface area contributed by atoms with E-state index in [1.165, 1.54) is 31.2 Å². The lowest BCUT2D eigenvalue weighted by Gasteiger charge is -2.27. The zero-order valence-corrected chi connectivity index (χ0v) is 15.7. The molecule has 2 aromatic rings. The minimum atomic E-state index is -1.65. The second-order valence-electron chi connectivity index (χ2n) is 6.09. The molecule has 136 valence electrons. The number of hydrogen-bond acceptors (Lipinski definition) is 4. The molecule has 1 unspecified atom stereocenters. The van der Waals surface area contributed by atoms with Crippen LogP contribution in [-0.4, -0.2) is 28.5 Å². The van der Waals surface area contributed by atoms with Gasteiger partial charge >= 0.3 is 5.97 Å². The molecule has 4 nitrogen and oxygen atoms in total. The van der Waals surface area contributed by atoms with Gasteiger partial charge in [0.25, 0.3) is 5.91 Å². The summed E-state index contributed by atoms with van der Waals surface area (Å²) < 4.78 is 13.5. The van der Waals surface area contributed by atoms with E-state index in [9.17, 15) is 19.1 Å². The molecule has 0 spiro atoms. The molecule has 1 aliphatic heterocycles. The summed E-state index contributed by atoms with van der Waals surface area (Å²) in [5.74, 6) is 0.0645. The Morgan fingerprint density at radius 2 is 1.65 bits per heavy atom. The molecule has 0 bridgehead atoms. The average molecular weight is 391 g/mol. The molecule has 1 atom stereocenters. The van der Waals surface area contributed by atoms with Crippen LogP contribution in [0.25, 0.3) is 0 Å². The number of amides is 1. The average Bonchev–Trinajstić information content (AvgIpc) is 3.16. The maximum atomic E-state index is 13.1. The van der Waals surface area contributed by atoms with Crippen LogP contribution in [0.3, 0.4) is 0 Å². The molecular formula is C19H18FNO3S2. The second-order valence-corrected chi connectivity index (χ2v) is 8.81. The number of carbonyl (C=O) groups is 2. The van der Waals surface area contributed by atoms with E-state index in [4.69, 9.17) is 0 Å². The van der Waals surface area contributed by atoms with Crippen LogP contribution in [0.1, 0.15) is 33.0 Å². The first-order chi connectivity index (χ1) is 12.4. The smallest absolute Gasteiger partial charge is 0.333 e. The van der Waals surface area contributed by atoms with Gasteiger partial charge in [0.2, 0.25) is 0 Å². The third-order valence-electron chi connectivity index (χ3n) is 4.28. The molecule has 7 heteroatoms. The molecule has 0 saturated carbocycles. The van der Waals surface area contributed by atoms with Crippen molar-refractivity contribution in [3.05, 3.63) is 71.0 Å². The Labute approximate surface area is 159 Å². The summed E-state index contributed by atoms with van der Waals surface area (Å²) in [6.07, 6.45) is 0.